The Morgan fingerprint density at radius 1 is 0.556 bits per heavy atom. The highest BCUT2D eigenvalue weighted by molar-refractivity contribution is 5.95. The van der Waals surface area contributed by atoms with Gasteiger partial charge in [0.25, 0.3) is 0 Å². The Morgan fingerprint density at radius 3 is 2.00 bits per heavy atom. The van der Waals surface area contributed by atoms with Gasteiger partial charge in [-0.25, -0.2) is 0 Å². The predicted molar refractivity (Wildman–Crippen MR) is 189 cm³/mol. The van der Waals surface area contributed by atoms with E-state index in [0.717, 1.165) is 6.42 Å². The van der Waals surface area contributed by atoms with Gasteiger partial charge in [-0.2, -0.15) is 0 Å². The van der Waals surface area contributed by atoms with Gasteiger partial charge in [0.2, 0.25) is 0 Å². The number of anilines is 3. The van der Waals surface area contributed by atoms with E-state index < -0.39 is 0 Å². The molecule has 4 aliphatic rings. The van der Waals surface area contributed by atoms with E-state index in [1.165, 1.54) is 77.6 Å². The third kappa shape index (κ3) is 3.67. The Labute approximate surface area is 266 Å². The molecule has 0 fully saturated rings. The smallest absolute Gasteiger partial charge is 0.0544 e. The second kappa shape index (κ2) is 9.31. The molecule has 0 saturated carbocycles. The van der Waals surface area contributed by atoms with Crippen LogP contribution >= 0.6 is 0 Å². The first-order chi connectivity index (χ1) is 21.8. The zero-order valence-corrected chi connectivity index (χ0v) is 26.4. The molecule has 0 spiro atoms. The van der Waals surface area contributed by atoms with E-state index in [4.69, 9.17) is 0 Å². The van der Waals surface area contributed by atoms with Crippen LogP contribution in [-0.4, -0.2) is 0 Å². The van der Waals surface area contributed by atoms with Crippen molar-refractivity contribution in [3.8, 4) is 11.1 Å². The zero-order chi connectivity index (χ0) is 30.5. The predicted octanol–water partition coefficient (Wildman–Crippen LogP) is 9.60. The summed E-state index contributed by atoms with van der Waals surface area (Å²) in [4.78, 5) is 2.57. The Kier molecular flexibility index (Phi) is 5.49. The van der Waals surface area contributed by atoms with Gasteiger partial charge >= 0.3 is 0 Å². The summed E-state index contributed by atoms with van der Waals surface area (Å²) in [5, 5.41) is 2.74. The summed E-state index contributed by atoms with van der Waals surface area (Å²) >= 11 is 0. The van der Waals surface area contributed by atoms with Crippen molar-refractivity contribution in [1.82, 2.24) is 0 Å². The molecule has 9 rings (SSSR count). The maximum Gasteiger partial charge on any atom is 0.0544 e. The Bertz CT molecular complexity index is 2240. The minimum Gasteiger partial charge on any atom is -0.309 e. The molecule has 5 aromatic rings. The van der Waals surface area contributed by atoms with Gasteiger partial charge in [0.15, 0.2) is 0 Å². The first kappa shape index (κ1) is 26.5. The standard InChI is InChI=1S/C44H37N/c1-43(2)36-20-12-13-21-40(36)45-41-23-22-30(35-24-29-16-8-9-17-32(29)33-18-10-11-19-34(33)35)25-37(41)44(3,4)39-27-31(26-38(43)42(39)45)28-14-6-5-7-15-28/h5-23,25-27,29H,24H2,1-4H3. The number of hydrogen-bond acceptors (Lipinski definition) is 1. The molecule has 0 bridgehead atoms. The van der Waals surface area contributed by atoms with Crippen molar-refractivity contribution in [1.29, 1.82) is 0 Å². The molecule has 0 aromatic heterocycles. The average molecular weight is 580 g/mol. The summed E-state index contributed by atoms with van der Waals surface area (Å²) < 4.78 is 0. The molecule has 0 saturated heterocycles. The van der Waals surface area contributed by atoms with Crippen molar-refractivity contribution in [2.24, 2.45) is 5.92 Å². The average Bonchev–Trinajstić information content (AvgIpc) is 3.08. The molecule has 45 heavy (non-hydrogen) atoms. The largest absolute Gasteiger partial charge is 0.309 e. The van der Waals surface area contributed by atoms with Crippen molar-refractivity contribution in [2.75, 3.05) is 4.90 Å². The summed E-state index contributed by atoms with van der Waals surface area (Å²) in [6.07, 6.45) is 10.1. The highest BCUT2D eigenvalue weighted by Gasteiger charge is 2.45. The maximum atomic E-state index is 2.57. The van der Waals surface area contributed by atoms with Crippen LogP contribution in [-0.2, 0) is 10.8 Å². The fraction of sp³-hybridized carbons (Fsp3) is 0.182. The fourth-order valence-electron chi connectivity index (χ4n) is 8.56. The van der Waals surface area contributed by atoms with E-state index in [-0.39, 0.29) is 10.8 Å². The zero-order valence-electron chi connectivity index (χ0n) is 26.4. The van der Waals surface area contributed by atoms with Gasteiger partial charge in [0, 0.05) is 16.7 Å². The van der Waals surface area contributed by atoms with E-state index in [9.17, 15) is 0 Å². The minimum atomic E-state index is -0.196. The van der Waals surface area contributed by atoms with Crippen LogP contribution < -0.4 is 15.3 Å². The Morgan fingerprint density at radius 2 is 1.20 bits per heavy atom. The summed E-state index contributed by atoms with van der Waals surface area (Å²) in [5.74, 6) is 0.414. The van der Waals surface area contributed by atoms with Gasteiger partial charge in [0.1, 0.15) is 0 Å². The number of allylic oxidation sites excluding steroid dienone is 4. The molecule has 1 atom stereocenters. The number of para-hydroxylation sites is 1. The van der Waals surface area contributed by atoms with Crippen LogP contribution in [0.5, 0.6) is 0 Å². The van der Waals surface area contributed by atoms with Gasteiger partial charge in [-0.05, 0) is 97.3 Å². The van der Waals surface area contributed by atoms with Crippen LogP contribution in [0, 0.1) is 5.92 Å². The third-order valence-corrected chi connectivity index (χ3v) is 11.0. The highest BCUT2D eigenvalue weighted by atomic mass is 15.2. The van der Waals surface area contributed by atoms with Crippen molar-refractivity contribution in [3.63, 3.8) is 0 Å². The number of fused-ring (bicyclic) bond motifs is 6. The number of hydrogen-bond donors (Lipinski definition) is 0. The lowest BCUT2D eigenvalue weighted by atomic mass is 9.65. The third-order valence-electron chi connectivity index (χ3n) is 11.0. The van der Waals surface area contributed by atoms with Crippen molar-refractivity contribution < 1.29 is 0 Å². The van der Waals surface area contributed by atoms with E-state index in [0.29, 0.717) is 5.92 Å². The molecular weight excluding hydrogens is 542 g/mol. The van der Waals surface area contributed by atoms with Crippen molar-refractivity contribution in [2.45, 2.75) is 44.9 Å². The summed E-state index contributed by atoms with van der Waals surface area (Å²) in [6.45, 7) is 9.67. The quantitative estimate of drug-likeness (QED) is 0.201. The second-order valence-electron chi connectivity index (χ2n) is 14.2. The van der Waals surface area contributed by atoms with Crippen LogP contribution in [0.3, 0.4) is 0 Å². The molecule has 0 N–H and O–H groups in total. The molecule has 218 valence electrons. The normalized spacial score (nSPS) is 19.3. The molecule has 0 amide bonds. The molecule has 2 aliphatic heterocycles. The van der Waals surface area contributed by atoms with Crippen LogP contribution in [0.4, 0.5) is 17.1 Å². The summed E-state index contributed by atoms with van der Waals surface area (Å²) in [6, 6.07) is 41.2. The number of rotatable bonds is 2. The van der Waals surface area contributed by atoms with Gasteiger partial charge in [-0.1, -0.05) is 131 Å². The Hall–Kier alpha value is -4.88. The van der Waals surface area contributed by atoms with E-state index in [1.54, 1.807) is 0 Å². The summed E-state index contributed by atoms with van der Waals surface area (Å²) in [5.41, 5.74) is 16.0. The lowest BCUT2D eigenvalue weighted by Crippen LogP contribution is -2.38. The second-order valence-corrected chi connectivity index (χ2v) is 14.2. The molecule has 5 aromatic carbocycles. The number of nitrogens with zero attached hydrogens (tertiary/aromatic N) is 1. The first-order valence-electron chi connectivity index (χ1n) is 16.3. The van der Waals surface area contributed by atoms with Gasteiger partial charge in [0.05, 0.1) is 17.1 Å². The lowest BCUT2D eigenvalue weighted by molar-refractivity contribution is 0.597. The van der Waals surface area contributed by atoms with Gasteiger partial charge in [-0.15, -0.1) is 0 Å². The van der Waals surface area contributed by atoms with Gasteiger partial charge < -0.3 is 4.90 Å². The van der Waals surface area contributed by atoms with Crippen LogP contribution in [0.1, 0.15) is 61.9 Å². The van der Waals surface area contributed by atoms with E-state index in [1.807, 2.05) is 0 Å². The maximum absolute atomic E-state index is 2.57. The van der Waals surface area contributed by atoms with Crippen molar-refractivity contribution in [3.05, 3.63) is 172 Å². The molecule has 2 aliphatic carbocycles. The number of benzene rings is 5. The molecular formula is C44H37N. The molecule has 1 nitrogen and oxygen atoms in total. The van der Waals surface area contributed by atoms with E-state index >= 15 is 0 Å². The first-order valence-corrected chi connectivity index (χ1v) is 16.3. The van der Waals surface area contributed by atoms with Crippen LogP contribution in [0.2, 0.25) is 0 Å². The topological polar surface area (TPSA) is 3.24 Å². The summed E-state index contributed by atoms with van der Waals surface area (Å²) in [7, 11) is 0. The fourth-order valence-corrected chi connectivity index (χ4v) is 8.56. The Balaban J connectivity index is 1.33. The van der Waals surface area contributed by atoms with E-state index in [2.05, 4.69) is 166 Å². The molecule has 1 unspecified atom stereocenters. The molecule has 2 heterocycles. The van der Waals surface area contributed by atoms with Crippen molar-refractivity contribution >= 4 is 28.2 Å². The minimum absolute atomic E-state index is 0.132. The lowest BCUT2D eigenvalue weighted by Gasteiger charge is -2.50. The molecule has 1 heteroatoms. The molecule has 0 radical (unpaired) electrons. The monoisotopic (exact) mass is 579 g/mol. The van der Waals surface area contributed by atoms with Gasteiger partial charge in [-0.3, -0.25) is 0 Å². The van der Waals surface area contributed by atoms with Crippen LogP contribution in [0.15, 0.2) is 133 Å². The highest BCUT2D eigenvalue weighted by Crippen LogP contribution is 2.60. The van der Waals surface area contributed by atoms with Crippen LogP contribution in [0.25, 0.3) is 22.3 Å². The SMILES string of the molecule is CC1(C)c2ccccc2N2c3ccc(C4=c5ccccc5=C5C=CC=CC5C4)cc3C(C)(C)c3cc(-c4ccccc4)cc1c32.